The smallest absolute Gasteiger partial charge is 0.246 e. The summed E-state index contributed by atoms with van der Waals surface area (Å²) in [5.74, 6) is -2.42. The molecular weight excluding hydrogens is 1040 g/mol. The van der Waals surface area contributed by atoms with Crippen molar-refractivity contribution < 1.29 is 47.8 Å². The normalized spacial score (nSPS) is 22.2. The molecule has 78 heavy (non-hydrogen) atoms. The van der Waals surface area contributed by atoms with Crippen molar-refractivity contribution in [1.29, 1.82) is 0 Å². The molecule has 0 saturated carbocycles. The van der Waals surface area contributed by atoms with Gasteiger partial charge in [-0.25, -0.2) is 0 Å². The third kappa shape index (κ3) is 14.8. The van der Waals surface area contributed by atoms with Gasteiger partial charge in [0, 0.05) is 61.0 Å². The zero-order valence-electron chi connectivity index (χ0n) is 46.6. The number of carbonyl (C=O) groups is 8. The molecule has 4 aliphatic rings. The van der Waals surface area contributed by atoms with Crippen LogP contribution in [0.1, 0.15) is 138 Å². The van der Waals surface area contributed by atoms with Crippen molar-refractivity contribution in [1.82, 2.24) is 41.7 Å². The monoisotopic (exact) mass is 1120 g/mol. The molecule has 4 aliphatic heterocycles. The molecule has 426 valence electrons. The summed E-state index contributed by atoms with van der Waals surface area (Å²) in [7, 11) is 3.30. The number of amides is 6. The number of nitrogens with one attached hydrogen (secondary N) is 6. The number of benzene rings is 3. The number of rotatable bonds is 18. The minimum absolute atomic E-state index is 0. The van der Waals surface area contributed by atoms with Gasteiger partial charge in [-0.3, -0.25) is 38.4 Å². The summed E-state index contributed by atoms with van der Waals surface area (Å²) >= 11 is 0. The summed E-state index contributed by atoms with van der Waals surface area (Å²) in [6.07, 6.45) is 1.37. The maximum absolute atomic E-state index is 14.7. The maximum atomic E-state index is 14.7. The van der Waals surface area contributed by atoms with E-state index < -0.39 is 70.7 Å². The van der Waals surface area contributed by atoms with Crippen molar-refractivity contribution in [3.8, 4) is 11.5 Å². The lowest BCUT2D eigenvalue weighted by atomic mass is 9.85. The van der Waals surface area contributed by atoms with Gasteiger partial charge in [-0.2, -0.15) is 0 Å². The molecule has 0 aromatic heterocycles. The van der Waals surface area contributed by atoms with Gasteiger partial charge >= 0.3 is 0 Å². The van der Waals surface area contributed by atoms with Crippen LogP contribution in [0.15, 0.2) is 72.8 Å². The minimum atomic E-state index is -0.987. The highest BCUT2D eigenvalue weighted by Crippen LogP contribution is 2.37. The molecule has 7 rings (SSSR count). The molecule has 10 atom stereocenters. The van der Waals surface area contributed by atoms with Crippen LogP contribution in [-0.2, 0) is 28.8 Å². The highest BCUT2D eigenvalue weighted by atomic mass is 35.5. The van der Waals surface area contributed by atoms with Crippen molar-refractivity contribution in [2.45, 2.75) is 142 Å². The zero-order valence-corrected chi connectivity index (χ0v) is 48.2. The van der Waals surface area contributed by atoms with E-state index in [9.17, 15) is 38.4 Å². The van der Waals surface area contributed by atoms with Crippen LogP contribution in [0, 0.1) is 22.7 Å². The van der Waals surface area contributed by atoms with Gasteiger partial charge in [0.05, 0.1) is 37.4 Å². The molecule has 2 unspecified atom stereocenters. The van der Waals surface area contributed by atoms with E-state index in [0.29, 0.717) is 37.6 Å². The fourth-order valence-corrected chi connectivity index (χ4v) is 10.7. The Hall–Kier alpha value is -6.08. The number of likely N-dealkylation sites (N-methyl/N-ethyl adjacent to an activating group) is 2. The lowest BCUT2D eigenvalue weighted by Gasteiger charge is -2.36. The lowest BCUT2D eigenvalue weighted by molar-refractivity contribution is -0.144. The first-order valence-electron chi connectivity index (χ1n) is 26.8. The number of likely N-dealkylation sites (tertiary alicyclic amines) is 2. The second-order valence-electron chi connectivity index (χ2n) is 23.2. The van der Waals surface area contributed by atoms with E-state index in [1.807, 2.05) is 90.1 Å². The average molecular weight is 1120 g/mol. The summed E-state index contributed by atoms with van der Waals surface area (Å²) < 4.78 is 11.7. The molecule has 2 saturated heterocycles. The number of ketones is 2. The van der Waals surface area contributed by atoms with Gasteiger partial charge in [-0.15, -0.1) is 24.8 Å². The van der Waals surface area contributed by atoms with Gasteiger partial charge in [0.25, 0.3) is 0 Å². The Kier molecular flexibility index (Phi) is 21.5. The van der Waals surface area contributed by atoms with E-state index >= 15 is 0 Å². The summed E-state index contributed by atoms with van der Waals surface area (Å²) in [6.45, 7) is 15.4. The SMILES string of the molecule is CN[C@@H](C)C(=O)N[C@H](C(=O)N1C[C@@H](CC(=O)c2cccc(C(=O)C[C@H]3C[C@@H](C(=O)NC4CCOc5ccccc54)N(C(=O)[C@@H](NC(=O)[C@H](C)NC)C(C)(C)C)C3)c2)C[C@H]1C(=O)NC1CCOc2ccccc21)C(C)(C)C.Cl.Cl. The van der Waals surface area contributed by atoms with Crippen molar-refractivity contribution in [3.05, 3.63) is 95.1 Å². The van der Waals surface area contributed by atoms with E-state index in [0.717, 1.165) is 11.1 Å². The van der Waals surface area contributed by atoms with Gasteiger partial charge in [-0.05, 0) is 81.6 Å². The van der Waals surface area contributed by atoms with E-state index in [2.05, 4.69) is 31.9 Å². The Bertz CT molecular complexity index is 2500. The number of hydrogen-bond acceptors (Lipinski definition) is 12. The Morgan fingerprint density at radius 1 is 0.564 bits per heavy atom. The highest BCUT2D eigenvalue weighted by molar-refractivity contribution is 6.02. The Morgan fingerprint density at radius 3 is 1.29 bits per heavy atom. The van der Waals surface area contributed by atoms with Crippen LogP contribution in [-0.4, -0.2) is 133 Å². The largest absolute Gasteiger partial charge is 0.493 e. The van der Waals surface area contributed by atoms with Gasteiger partial charge in [0.1, 0.15) is 35.7 Å². The lowest BCUT2D eigenvalue weighted by Crippen LogP contribution is -2.59. The summed E-state index contributed by atoms with van der Waals surface area (Å²) in [4.78, 5) is 116. The fourth-order valence-electron chi connectivity index (χ4n) is 10.7. The molecule has 18 nitrogen and oxygen atoms in total. The molecule has 0 aliphatic carbocycles. The molecule has 6 N–H and O–H groups in total. The summed E-state index contributed by atoms with van der Waals surface area (Å²) in [5, 5.41) is 18.0. The zero-order chi connectivity index (χ0) is 55.2. The topological polar surface area (TPSA) is 234 Å². The van der Waals surface area contributed by atoms with Crippen LogP contribution in [0.3, 0.4) is 0 Å². The number of ether oxygens (including phenoxy) is 2. The molecule has 0 bridgehead atoms. The Morgan fingerprint density at radius 2 is 0.936 bits per heavy atom. The van der Waals surface area contributed by atoms with Crippen LogP contribution < -0.4 is 41.4 Å². The highest BCUT2D eigenvalue weighted by Gasteiger charge is 2.48. The number of nitrogens with zero attached hydrogens (tertiary/aromatic N) is 2. The number of carbonyl (C=O) groups excluding carboxylic acids is 8. The van der Waals surface area contributed by atoms with Crippen LogP contribution in [0.5, 0.6) is 11.5 Å². The summed E-state index contributed by atoms with van der Waals surface area (Å²) in [5.41, 5.74) is 0.750. The average Bonchev–Trinajstić information content (AvgIpc) is 4.03. The maximum Gasteiger partial charge on any atom is 0.246 e. The molecule has 3 aromatic rings. The van der Waals surface area contributed by atoms with E-state index in [1.54, 1.807) is 52.2 Å². The van der Waals surface area contributed by atoms with Crippen molar-refractivity contribution in [2.75, 3.05) is 40.4 Å². The minimum Gasteiger partial charge on any atom is -0.493 e. The Labute approximate surface area is 471 Å². The van der Waals surface area contributed by atoms with Crippen molar-refractivity contribution in [3.63, 3.8) is 0 Å². The predicted molar refractivity (Wildman–Crippen MR) is 301 cm³/mol. The van der Waals surface area contributed by atoms with Crippen molar-refractivity contribution >= 4 is 71.8 Å². The first-order chi connectivity index (χ1) is 36.0. The number of Topliss-reactive ketones (excluding diaryl/α,β-unsaturated/α-hetero) is 2. The van der Waals surface area contributed by atoms with E-state index in [-0.39, 0.29) is 122 Å². The number of hydrogen-bond donors (Lipinski definition) is 6. The number of para-hydroxylation sites is 2. The molecule has 2 fully saturated rings. The van der Waals surface area contributed by atoms with Crippen LogP contribution in [0.2, 0.25) is 0 Å². The van der Waals surface area contributed by atoms with Gasteiger partial charge < -0.3 is 51.2 Å². The molecular formula is C58H80Cl2N8O10. The first kappa shape index (κ1) is 62.8. The van der Waals surface area contributed by atoms with E-state index in [4.69, 9.17) is 9.47 Å². The first-order valence-corrected chi connectivity index (χ1v) is 26.8. The number of fused-ring (bicyclic) bond motifs is 2. The van der Waals surface area contributed by atoms with Gasteiger partial charge in [-0.1, -0.05) is 96.1 Å². The second-order valence-corrected chi connectivity index (χ2v) is 23.2. The predicted octanol–water partition coefficient (Wildman–Crippen LogP) is 5.67. The Balaban J connectivity index is 0.00000560. The van der Waals surface area contributed by atoms with Crippen LogP contribution in [0.4, 0.5) is 0 Å². The standard InChI is InChI=1S/C58H78N8O10.2ClH/c1-33(59-9)51(69)63-49(57(3,4)5)55(73)65-31-35(26-43(65)53(71)61-41-22-24-75-47-20-13-11-18-39(41)47)28-45(67)37-16-15-17-38(30-37)46(68)29-36-27-44(54(72)62-42-23-25-76-48-21-14-12-19-40(42)48)66(32-36)56(74)50(58(6,7)8)64-52(70)34(2)60-10;;/h11-21,30,33-36,41-44,49-50,59-60H,22-29,31-32H2,1-10H3,(H,61,71)(H,62,72)(H,63,69)(H,64,70);2*1H/t33-,34-,35+,36+,41?,42?,43-,44-,49+,50+;;/m0../s1. The van der Waals surface area contributed by atoms with Crippen LogP contribution in [0.25, 0.3) is 0 Å². The van der Waals surface area contributed by atoms with E-state index in [1.165, 1.54) is 9.80 Å². The summed E-state index contributed by atoms with van der Waals surface area (Å²) in [6, 6.07) is 15.7. The van der Waals surface area contributed by atoms with Crippen molar-refractivity contribution in [2.24, 2.45) is 22.7 Å². The molecule has 20 heteroatoms. The molecule has 0 spiro atoms. The second kappa shape index (κ2) is 26.7. The fraction of sp³-hybridized carbons (Fsp3) is 0.552. The van der Waals surface area contributed by atoms with Gasteiger partial charge in [0.15, 0.2) is 11.6 Å². The third-order valence-corrected chi connectivity index (χ3v) is 15.4. The molecule has 4 heterocycles. The molecule has 3 aromatic carbocycles. The molecule has 0 radical (unpaired) electrons. The van der Waals surface area contributed by atoms with Crippen LogP contribution >= 0.6 is 24.8 Å². The third-order valence-electron chi connectivity index (χ3n) is 15.4. The quantitative estimate of drug-likeness (QED) is 0.0847. The number of halogens is 2. The molecule has 6 amide bonds. The van der Waals surface area contributed by atoms with Gasteiger partial charge in [0.2, 0.25) is 35.4 Å².